The van der Waals surface area contributed by atoms with E-state index in [4.69, 9.17) is 5.11 Å². The Balaban J connectivity index is 2.24. The monoisotopic (exact) mass is 191 g/mol. The number of carboxylic acid groups (broad SMARTS) is 1. The maximum absolute atomic E-state index is 10.5. The molecule has 14 heavy (non-hydrogen) atoms. The van der Waals surface area contributed by atoms with E-state index in [1.165, 1.54) is 11.1 Å². The minimum atomic E-state index is -0.765. The van der Waals surface area contributed by atoms with Crippen LogP contribution in [0.3, 0.4) is 0 Å². The Labute approximate surface area is 82.8 Å². The maximum Gasteiger partial charge on any atom is 0.307 e. The number of benzene rings is 1. The Hall–Kier alpha value is -1.35. The zero-order valence-electron chi connectivity index (χ0n) is 7.92. The number of aliphatic carboxylic acids is 1. The fraction of sp³-hybridized carbons (Fsp3) is 0.364. The molecule has 0 amide bonds. The van der Waals surface area contributed by atoms with Gasteiger partial charge in [-0.3, -0.25) is 4.79 Å². The van der Waals surface area contributed by atoms with Crippen molar-refractivity contribution < 1.29 is 9.90 Å². The Morgan fingerprint density at radius 2 is 2.29 bits per heavy atom. The van der Waals surface area contributed by atoms with E-state index < -0.39 is 5.97 Å². The molecule has 0 saturated heterocycles. The third-order valence-electron chi connectivity index (χ3n) is 2.51. The summed E-state index contributed by atoms with van der Waals surface area (Å²) in [5.74, 6) is -0.765. The van der Waals surface area contributed by atoms with E-state index in [-0.39, 0.29) is 6.42 Å². The number of nitrogens with one attached hydrogen (secondary N) is 1. The summed E-state index contributed by atoms with van der Waals surface area (Å²) >= 11 is 0. The molecule has 0 bridgehead atoms. The normalized spacial score (nSPS) is 14.9. The summed E-state index contributed by atoms with van der Waals surface area (Å²) < 4.78 is 0. The van der Waals surface area contributed by atoms with Crippen LogP contribution in [0.4, 0.5) is 0 Å². The first-order chi connectivity index (χ1) is 6.75. The molecule has 3 nitrogen and oxygen atoms in total. The fourth-order valence-electron chi connectivity index (χ4n) is 1.82. The van der Waals surface area contributed by atoms with Crippen LogP contribution in [0.25, 0.3) is 0 Å². The molecule has 3 heteroatoms. The molecular weight excluding hydrogens is 178 g/mol. The van der Waals surface area contributed by atoms with Crippen LogP contribution in [0, 0.1) is 0 Å². The minimum absolute atomic E-state index is 0.126. The summed E-state index contributed by atoms with van der Waals surface area (Å²) in [5, 5.41) is 11.9. The van der Waals surface area contributed by atoms with Crippen LogP contribution < -0.4 is 5.32 Å². The van der Waals surface area contributed by atoms with Gasteiger partial charge in [-0.05, 0) is 29.7 Å². The molecule has 1 heterocycles. The highest BCUT2D eigenvalue weighted by Gasteiger charge is 2.09. The van der Waals surface area contributed by atoms with Crippen LogP contribution in [0.2, 0.25) is 0 Å². The molecule has 0 spiro atoms. The number of carbonyl (C=O) groups is 1. The van der Waals surface area contributed by atoms with E-state index >= 15 is 0 Å². The Morgan fingerprint density at radius 1 is 1.43 bits per heavy atom. The van der Waals surface area contributed by atoms with Crippen LogP contribution in [-0.4, -0.2) is 17.6 Å². The van der Waals surface area contributed by atoms with E-state index in [1.54, 1.807) is 0 Å². The molecular formula is C11H13NO2. The van der Waals surface area contributed by atoms with Crippen molar-refractivity contribution in [3.05, 3.63) is 34.9 Å². The Morgan fingerprint density at radius 3 is 3.07 bits per heavy atom. The van der Waals surface area contributed by atoms with Crippen molar-refractivity contribution in [2.75, 3.05) is 6.54 Å². The van der Waals surface area contributed by atoms with Gasteiger partial charge in [-0.2, -0.15) is 0 Å². The van der Waals surface area contributed by atoms with Crippen LogP contribution in [0.15, 0.2) is 18.2 Å². The molecule has 0 saturated carbocycles. The highest BCUT2D eigenvalue weighted by molar-refractivity contribution is 5.70. The van der Waals surface area contributed by atoms with Gasteiger partial charge in [0.1, 0.15) is 0 Å². The molecule has 0 aliphatic carbocycles. The molecule has 0 aromatic heterocycles. The van der Waals surface area contributed by atoms with Gasteiger partial charge < -0.3 is 10.4 Å². The predicted molar refractivity (Wildman–Crippen MR) is 53.2 cm³/mol. The quantitative estimate of drug-likeness (QED) is 0.732. The number of hydrogen-bond acceptors (Lipinski definition) is 2. The summed E-state index contributed by atoms with van der Waals surface area (Å²) in [7, 11) is 0. The van der Waals surface area contributed by atoms with Gasteiger partial charge in [0.05, 0.1) is 6.42 Å². The molecule has 0 atom stereocenters. The smallest absolute Gasteiger partial charge is 0.307 e. The van der Waals surface area contributed by atoms with Crippen LogP contribution in [0.5, 0.6) is 0 Å². The predicted octanol–water partition coefficient (Wildman–Crippen LogP) is 0.959. The second-order valence-corrected chi connectivity index (χ2v) is 3.60. The molecule has 0 radical (unpaired) electrons. The largest absolute Gasteiger partial charge is 0.481 e. The van der Waals surface area contributed by atoms with Gasteiger partial charge in [-0.1, -0.05) is 18.2 Å². The van der Waals surface area contributed by atoms with E-state index in [0.29, 0.717) is 0 Å². The van der Waals surface area contributed by atoms with Gasteiger partial charge in [0, 0.05) is 6.54 Å². The second kappa shape index (κ2) is 3.80. The lowest BCUT2D eigenvalue weighted by Crippen LogP contribution is -2.23. The van der Waals surface area contributed by atoms with Crippen LogP contribution in [-0.2, 0) is 24.2 Å². The highest BCUT2D eigenvalue weighted by Crippen LogP contribution is 2.16. The van der Waals surface area contributed by atoms with E-state index in [1.807, 2.05) is 18.2 Å². The molecule has 2 rings (SSSR count). The molecule has 0 unspecified atom stereocenters. The van der Waals surface area contributed by atoms with Gasteiger partial charge in [0.25, 0.3) is 0 Å². The van der Waals surface area contributed by atoms with Crippen molar-refractivity contribution >= 4 is 5.97 Å². The number of fused-ring (bicyclic) bond motifs is 1. The Bertz CT molecular complexity index is 360. The third kappa shape index (κ3) is 1.93. The summed E-state index contributed by atoms with van der Waals surface area (Å²) in [6.07, 6.45) is 1.13. The molecule has 1 aliphatic rings. The first kappa shape index (κ1) is 9.21. The van der Waals surface area contributed by atoms with Crippen molar-refractivity contribution in [1.82, 2.24) is 5.32 Å². The maximum atomic E-state index is 10.5. The average molecular weight is 191 g/mol. The number of rotatable bonds is 2. The van der Waals surface area contributed by atoms with E-state index in [2.05, 4.69) is 5.32 Å². The van der Waals surface area contributed by atoms with E-state index in [9.17, 15) is 4.79 Å². The minimum Gasteiger partial charge on any atom is -0.481 e. The second-order valence-electron chi connectivity index (χ2n) is 3.60. The summed E-state index contributed by atoms with van der Waals surface area (Å²) in [4.78, 5) is 10.5. The summed E-state index contributed by atoms with van der Waals surface area (Å²) in [6.45, 7) is 1.90. The molecule has 1 aromatic carbocycles. The standard InChI is InChI=1S/C11H13NO2/c13-11(14)6-8-1-2-10-7-12-4-3-9(10)5-8/h1-2,5,12H,3-4,6-7H2,(H,13,14). The SMILES string of the molecule is O=C(O)Cc1ccc2c(c1)CCNC2. The topological polar surface area (TPSA) is 49.3 Å². The lowest BCUT2D eigenvalue weighted by Gasteiger charge is -2.17. The third-order valence-corrected chi connectivity index (χ3v) is 2.51. The van der Waals surface area contributed by atoms with Crippen molar-refractivity contribution in [1.29, 1.82) is 0 Å². The lowest BCUT2D eigenvalue weighted by molar-refractivity contribution is -0.136. The lowest BCUT2D eigenvalue weighted by atomic mass is 9.97. The summed E-state index contributed by atoms with van der Waals surface area (Å²) in [6, 6.07) is 5.95. The van der Waals surface area contributed by atoms with Crippen molar-refractivity contribution in [3.63, 3.8) is 0 Å². The van der Waals surface area contributed by atoms with Crippen molar-refractivity contribution in [2.45, 2.75) is 19.4 Å². The van der Waals surface area contributed by atoms with Crippen molar-refractivity contribution in [2.24, 2.45) is 0 Å². The van der Waals surface area contributed by atoms with Gasteiger partial charge >= 0.3 is 5.97 Å². The average Bonchev–Trinajstić information content (AvgIpc) is 2.17. The molecule has 0 fully saturated rings. The molecule has 1 aliphatic heterocycles. The van der Waals surface area contributed by atoms with Crippen LogP contribution >= 0.6 is 0 Å². The van der Waals surface area contributed by atoms with Gasteiger partial charge in [0.15, 0.2) is 0 Å². The first-order valence-electron chi connectivity index (χ1n) is 4.79. The Kier molecular flexibility index (Phi) is 2.50. The number of carboxylic acids is 1. The molecule has 2 N–H and O–H groups in total. The van der Waals surface area contributed by atoms with E-state index in [0.717, 1.165) is 25.1 Å². The zero-order valence-corrected chi connectivity index (χ0v) is 7.92. The van der Waals surface area contributed by atoms with Gasteiger partial charge in [-0.15, -0.1) is 0 Å². The zero-order chi connectivity index (χ0) is 9.97. The number of hydrogen-bond donors (Lipinski definition) is 2. The summed E-state index contributed by atoms with van der Waals surface area (Å²) in [5.41, 5.74) is 3.49. The fourth-order valence-corrected chi connectivity index (χ4v) is 1.82. The van der Waals surface area contributed by atoms with Gasteiger partial charge in [-0.25, -0.2) is 0 Å². The van der Waals surface area contributed by atoms with Gasteiger partial charge in [0.2, 0.25) is 0 Å². The van der Waals surface area contributed by atoms with Crippen LogP contribution in [0.1, 0.15) is 16.7 Å². The molecule has 74 valence electrons. The van der Waals surface area contributed by atoms with Crippen molar-refractivity contribution in [3.8, 4) is 0 Å². The first-order valence-corrected chi connectivity index (χ1v) is 4.79. The highest BCUT2D eigenvalue weighted by atomic mass is 16.4. The molecule has 1 aromatic rings.